The Morgan fingerprint density at radius 1 is 0.462 bits per heavy atom. The van der Waals surface area contributed by atoms with Crippen LogP contribution in [0.4, 0.5) is 0 Å². The largest absolute Gasteiger partial charge is 0.412 e. The molecule has 0 amide bonds. The monoisotopic (exact) mass is 251 g/mol. The quantitative estimate of drug-likeness (QED) is 0.591. The summed E-state index contributed by atoms with van der Waals surface area (Å²) >= 11 is 0. The Labute approximate surface area is 107 Å². The SMILES string of the molecule is C.C.C.C.C.C.C.C.[2H]O.[2H]O.[2H]O.[CH3-].[V]. The maximum Gasteiger partial charge on any atom is 0.206 e. The van der Waals surface area contributed by atoms with Crippen molar-refractivity contribution in [2.24, 2.45) is 0 Å². The van der Waals surface area contributed by atoms with Crippen LogP contribution in [0.3, 0.4) is 0 Å². The molecule has 0 fully saturated rings. The van der Waals surface area contributed by atoms with E-state index < -0.39 is 0 Å². The Bertz CT molecular complexity index is 26.0. The molecule has 0 saturated heterocycles. The van der Waals surface area contributed by atoms with Crippen molar-refractivity contribution in [1.82, 2.24) is 0 Å². The molecule has 0 heterocycles. The van der Waals surface area contributed by atoms with Crippen LogP contribution in [-0.2, 0) is 18.6 Å². The minimum atomic E-state index is 0. The van der Waals surface area contributed by atoms with E-state index in [1.807, 2.05) is 0 Å². The Balaban J connectivity index is -0.000000000584. The van der Waals surface area contributed by atoms with Crippen molar-refractivity contribution in [1.29, 1.82) is 0 Å². The van der Waals surface area contributed by atoms with Gasteiger partial charge in [-0.15, -0.1) is 0 Å². The molecule has 0 aromatic heterocycles. The van der Waals surface area contributed by atoms with Gasteiger partial charge in [-0.1, -0.05) is 59.4 Å². The first-order valence-electron chi connectivity index (χ1n) is 1.34. The Morgan fingerprint density at radius 3 is 0.462 bits per heavy atom. The minimum absolute atomic E-state index is 0. The summed E-state index contributed by atoms with van der Waals surface area (Å²) in [7, 11) is 0. The van der Waals surface area contributed by atoms with E-state index >= 15 is 0 Å². The summed E-state index contributed by atoms with van der Waals surface area (Å²) in [6.45, 7) is 0. The van der Waals surface area contributed by atoms with Crippen molar-refractivity contribution in [2.45, 2.75) is 59.4 Å². The predicted molar refractivity (Wildman–Crippen MR) is 71.1 cm³/mol. The van der Waals surface area contributed by atoms with E-state index in [1.54, 1.807) is 0 Å². The second kappa shape index (κ2) is 7600. The molecule has 0 aliphatic carbocycles. The average molecular weight is 251 g/mol. The molecule has 101 valence electrons. The van der Waals surface area contributed by atoms with Gasteiger partial charge in [-0.2, -0.15) is 0 Å². The van der Waals surface area contributed by atoms with Gasteiger partial charge < -0.3 is 23.9 Å². The van der Waals surface area contributed by atoms with Crippen LogP contribution in [0.25, 0.3) is 0 Å². The zero-order valence-corrected chi connectivity index (χ0v) is 4.19. The van der Waals surface area contributed by atoms with Crippen LogP contribution < -0.4 is 0 Å². The molecule has 3 nitrogen and oxygen atoms in total. The third-order valence-corrected chi connectivity index (χ3v) is 0. The zero-order chi connectivity index (χ0) is 6.00. The first-order valence-corrected chi connectivity index (χ1v) is 0. The summed E-state index contributed by atoms with van der Waals surface area (Å²) in [5.41, 5.74) is 18.8. The van der Waals surface area contributed by atoms with Crippen LogP contribution in [0, 0.1) is 7.43 Å². The number of rotatable bonds is 0. The Hall–Kier alpha value is 0.464. The number of hydrogen-bond donors (Lipinski definition) is 0. The van der Waals surface area contributed by atoms with Crippen LogP contribution >= 0.6 is 0 Å². The smallest absolute Gasteiger partial charge is 0.206 e. The molecule has 0 aromatic rings. The molecule has 0 saturated carbocycles. The molecule has 4 heteroatoms. The fourth-order valence-corrected chi connectivity index (χ4v) is 0. The van der Waals surface area contributed by atoms with Crippen molar-refractivity contribution in [3.63, 3.8) is 0 Å². The van der Waals surface area contributed by atoms with Crippen molar-refractivity contribution < 1.29 is 39.3 Å². The van der Waals surface area contributed by atoms with E-state index in [4.69, 9.17) is 20.7 Å². The molecular formula is C9H41O3V-. The molecule has 0 aliphatic rings. The van der Waals surface area contributed by atoms with Crippen LogP contribution in [0.1, 0.15) is 63.7 Å². The third-order valence-electron chi connectivity index (χ3n) is 0. The number of hydrogen-bond acceptors (Lipinski definition) is 0. The van der Waals surface area contributed by atoms with Crippen LogP contribution in [-0.4, -0.2) is 16.4 Å². The fraction of sp³-hybridized carbons (Fsp3) is 0.889. The topological polar surface area (TPSA) is 94.5 Å². The van der Waals surface area contributed by atoms with Crippen LogP contribution in [0.15, 0.2) is 0 Å². The molecule has 0 unspecified atom stereocenters. The molecule has 0 atom stereocenters. The average Bonchev–Trinajstić information content (AvgIpc) is 1.81. The van der Waals surface area contributed by atoms with E-state index in [1.165, 1.54) is 0 Å². The van der Waals surface area contributed by atoms with Gasteiger partial charge >= 0.3 is 0 Å². The molecule has 0 rings (SSSR count). The first-order chi connectivity index (χ1) is 3.00. The van der Waals surface area contributed by atoms with Gasteiger partial charge in [0.05, 0.1) is 0 Å². The zero-order valence-electron chi connectivity index (χ0n) is 5.79. The van der Waals surface area contributed by atoms with E-state index in [0.717, 1.165) is 0 Å². The van der Waals surface area contributed by atoms with Gasteiger partial charge in [-0.3, -0.25) is 0 Å². The summed E-state index contributed by atoms with van der Waals surface area (Å²) in [5, 5.41) is 0. The molecule has 1 radical (unpaired) electrons. The van der Waals surface area contributed by atoms with Crippen LogP contribution in [0.5, 0.6) is 0 Å². The van der Waals surface area contributed by atoms with E-state index in [-0.39, 0.29) is 85.4 Å². The second-order valence-corrected chi connectivity index (χ2v) is 0. The van der Waals surface area contributed by atoms with Gasteiger partial charge in [0.2, 0.25) is 4.29 Å². The van der Waals surface area contributed by atoms with E-state index in [2.05, 4.69) is 0 Å². The van der Waals surface area contributed by atoms with Gasteiger partial charge in [-0.05, 0) is 0 Å². The molecular weight excluding hydrogens is 207 g/mol. The predicted octanol–water partition coefficient (Wildman–Crippen LogP) is 3.06. The van der Waals surface area contributed by atoms with Crippen molar-refractivity contribution in [2.75, 3.05) is 0 Å². The maximum absolute atomic E-state index is 6.25. The van der Waals surface area contributed by atoms with Gasteiger partial charge in [0, 0.05) is 18.6 Å². The van der Waals surface area contributed by atoms with Gasteiger partial charge in [-0.25, -0.2) is 0 Å². The summed E-state index contributed by atoms with van der Waals surface area (Å²) in [4.78, 5) is 0. The fourth-order valence-electron chi connectivity index (χ4n) is 0. The molecule has 0 aliphatic heterocycles. The summed E-state index contributed by atoms with van der Waals surface area (Å²) < 4.78 is 14.2. The first kappa shape index (κ1) is 174. The van der Waals surface area contributed by atoms with Crippen LogP contribution in [0.2, 0.25) is 0 Å². The standard InChI is InChI=1S/8CH4.CH3.3H2O.V/h8*1H4;1H3;3*1H2;/q;;;;;;;;-1;;;;/i/hD3. The Kier molecular flexibility index (Phi) is 102000. The maximum atomic E-state index is 6.25. The minimum Gasteiger partial charge on any atom is -0.412 e. The Morgan fingerprint density at radius 2 is 0.462 bits per heavy atom. The van der Waals surface area contributed by atoms with E-state index in [0.29, 0.717) is 0 Å². The van der Waals surface area contributed by atoms with Crippen molar-refractivity contribution in [3.8, 4) is 0 Å². The molecule has 0 bridgehead atoms. The summed E-state index contributed by atoms with van der Waals surface area (Å²) in [5.74, 6) is 0. The molecule has 6 N–H and O–H groups in total. The van der Waals surface area contributed by atoms with E-state index in [9.17, 15) is 0 Å². The van der Waals surface area contributed by atoms with Gasteiger partial charge in [0.25, 0.3) is 0 Å². The third kappa shape index (κ3) is 6330. The molecule has 0 aromatic carbocycles. The van der Waals surface area contributed by atoms with Crippen molar-refractivity contribution >= 4 is 0 Å². The summed E-state index contributed by atoms with van der Waals surface area (Å²) in [6.07, 6.45) is 0. The summed E-state index contributed by atoms with van der Waals surface area (Å²) in [6, 6.07) is 0. The molecule has 13 heavy (non-hydrogen) atoms. The normalized spacial score (nSPS) is 1.62. The van der Waals surface area contributed by atoms with Gasteiger partial charge in [0.1, 0.15) is 0 Å². The van der Waals surface area contributed by atoms with Crippen molar-refractivity contribution in [3.05, 3.63) is 7.43 Å². The van der Waals surface area contributed by atoms with Gasteiger partial charge in [0.15, 0.2) is 0 Å². The second-order valence-electron chi connectivity index (χ2n) is 0. The molecule has 0 spiro atoms.